The van der Waals surface area contributed by atoms with Crippen LogP contribution >= 0.6 is 0 Å². The van der Waals surface area contributed by atoms with E-state index in [1.54, 1.807) is 29.0 Å². The van der Waals surface area contributed by atoms with E-state index in [0.717, 1.165) is 17.3 Å². The third-order valence-corrected chi connectivity index (χ3v) is 5.76. The normalized spacial score (nSPS) is 19.4. The zero-order valence-corrected chi connectivity index (χ0v) is 16.5. The lowest BCUT2D eigenvalue weighted by atomic mass is 10.0. The van der Waals surface area contributed by atoms with Crippen LogP contribution in [0.15, 0.2) is 61.2 Å². The average molecular weight is 414 g/mol. The zero-order chi connectivity index (χ0) is 21.5. The fraction of sp³-hybridized carbons (Fsp3) is 0.318. The Balaban J connectivity index is 1.46. The molecule has 0 saturated heterocycles. The van der Waals surface area contributed by atoms with Crippen LogP contribution in [0.5, 0.6) is 0 Å². The quantitative estimate of drug-likeness (QED) is 0.613. The van der Waals surface area contributed by atoms with Crippen LogP contribution < -0.4 is 0 Å². The summed E-state index contributed by atoms with van der Waals surface area (Å²) in [6.07, 6.45) is -0.932. The largest absolute Gasteiger partial charge is 0.416 e. The van der Waals surface area contributed by atoms with Crippen molar-refractivity contribution in [3.63, 3.8) is 0 Å². The van der Waals surface area contributed by atoms with Gasteiger partial charge < -0.3 is 4.90 Å². The lowest BCUT2D eigenvalue weighted by Crippen LogP contribution is -2.31. The molecule has 1 amide bonds. The lowest BCUT2D eigenvalue weighted by Gasteiger charge is -2.26. The predicted molar refractivity (Wildman–Crippen MR) is 105 cm³/mol. The molecule has 1 saturated carbocycles. The number of hydrogen-bond donors (Lipinski definition) is 0. The number of amides is 1. The van der Waals surface area contributed by atoms with Crippen molar-refractivity contribution in [1.82, 2.24) is 19.7 Å². The number of alkyl halides is 3. The van der Waals surface area contributed by atoms with Crippen LogP contribution in [0.25, 0.3) is 5.69 Å². The van der Waals surface area contributed by atoms with Crippen LogP contribution in [0.2, 0.25) is 0 Å². The minimum absolute atomic E-state index is 0.134. The molecule has 3 unspecified atom stereocenters. The highest BCUT2D eigenvalue weighted by atomic mass is 19.4. The van der Waals surface area contributed by atoms with Crippen molar-refractivity contribution in [1.29, 1.82) is 0 Å². The molecule has 1 fully saturated rings. The van der Waals surface area contributed by atoms with E-state index in [1.807, 2.05) is 31.2 Å². The first-order valence-electron chi connectivity index (χ1n) is 9.65. The van der Waals surface area contributed by atoms with Crippen molar-refractivity contribution >= 4 is 5.91 Å². The number of halogens is 3. The standard InChI is InChI=1S/C22H21F3N4O/c1-14(15-7-9-16(10-8-15)29-13-26-12-27-29)28(2)21(30)19-11-18(19)17-5-3-4-6-20(17)22(23,24)25/h3-10,12-14,18-19H,11H2,1-2H3. The van der Waals surface area contributed by atoms with E-state index in [0.29, 0.717) is 6.42 Å². The van der Waals surface area contributed by atoms with Crippen molar-refractivity contribution in [2.45, 2.75) is 31.5 Å². The molecule has 2 aromatic carbocycles. The maximum atomic E-state index is 13.3. The van der Waals surface area contributed by atoms with Crippen LogP contribution in [0.4, 0.5) is 13.2 Å². The third-order valence-electron chi connectivity index (χ3n) is 5.76. The molecule has 0 bridgehead atoms. The topological polar surface area (TPSA) is 51.0 Å². The van der Waals surface area contributed by atoms with Crippen molar-refractivity contribution < 1.29 is 18.0 Å². The van der Waals surface area contributed by atoms with E-state index in [9.17, 15) is 18.0 Å². The van der Waals surface area contributed by atoms with Crippen LogP contribution in [-0.4, -0.2) is 32.6 Å². The highest BCUT2D eigenvalue weighted by molar-refractivity contribution is 5.83. The summed E-state index contributed by atoms with van der Waals surface area (Å²) >= 11 is 0. The van der Waals surface area contributed by atoms with E-state index in [4.69, 9.17) is 0 Å². The molecule has 156 valence electrons. The van der Waals surface area contributed by atoms with Gasteiger partial charge in [0.15, 0.2) is 0 Å². The predicted octanol–water partition coefficient (Wildman–Crippen LogP) is 4.61. The highest BCUT2D eigenvalue weighted by Gasteiger charge is 2.49. The average Bonchev–Trinajstić information content (AvgIpc) is 3.35. The minimum Gasteiger partial charge on any atom is -0.339 e. The molecule has 0 N–H and O–H groups in total. The van der Waals surface area contributed by atoms with Gasteiger partial charge in [-0.3, -0.25) is 4.79 Å². The van der Waals surface area contributed by atoms with Crippen molar-refractivity contribution in [2.75, 3.05) is 7.05 Å². The summed E-state index contributed by atoms with van der Waals surface area (Å²) in [6, 6.07) is 12.9. The van der Waals surface area contributed by atoms with Crippen LogP contribution in [0, 0.1) is 5.92 Å². The summed E-state index contributed by atoms with van der Waals surface area (Å²) in [5.41, 5.74) is 1.34. The number of carbonyl (C=O) groups excluding carboxylic acids is 1. The summed E-state index contributed by atoms with van der Waals surface area (Å²) < 4.78 is 41.5. The van der Waals surface area contributed by atoms with Gasteiger partial charge in [-0.25, -0.2) is 9.67 Å². The van der Waals surface area contributed by atoms with Crippen molar-refractivity contribution in [3.8, 4) is 5.69 Å². The molecule has 1 aliphatic rings. The van der Waals surface area contributed by atoms with Crippen molar-refractivity contribution in [2.24, 2.45) is 5.92 Å². The maximum absolute atomic E-state index is 13.3. The summed E-state index contributed by atoms with van der Waals surface area (Å²) in [6.45, 7) is 1.91. The molecular weight excluding hydrogens is 393 g/mol. The van der Waals surface area contributed by atoms with Gasteiger partial charge in [-0.05, 0) is 48.6 Å². The molecule has 3 aromatic rings. The molecule has 30 heavy (non-hydrogen) atoms. The Labute approximate surface area is 172 Å². The van der Waals surface area contributed by atoms with E-state index in [-0.39, 0.29) is 23.4 Å². The Morgan fingerprint density at radius 1 is 1.17 bits per heavy atom. The summed E-state index contributed by atoms with van der Waals surface area (Å²) in [5, 5.41) is 4.08. The van der Waals surface area contributed by atoms with Crippen LogP contribution in [-0.2, 0) is 11.0 Å². The van der Waals surface area contributed by atoms with Crippen molar-refractivity contribution in [3.05, 3.63) is 77.9 Å². The maximum Gasteiger partial charge on any atom is 0.416 e. The van der Waals surface area contributed by atoms with Gasteiger partial charge in [-0.2, -0.15) is 18.3 Å². The van der Waals surface area contributed by atoms with E-state index >= 15 is 0 Å². The minimum atomic E-state index is -4.42. The summed E-state index contributed by atoms with van der Waals surface area (Å²) in [5.74, 6) is -0.945. The van der Waals surface area contributed by atoms with Gasteiger partial charge in [0, 0.05) is 13.0 Å². The molecule has 0 aliphatic heterocycles. The van der Waals surface area contributed by atoms with E-state index in [1.165, 1.54) is 18.5 Å². The molecule has 4 rings (SSSR count). The number of hydrogen-bond acceptors (Lipinski definition) is 3. The van der Waals surface area contributed by atoms with Gasteiger partial charge in [-0.15, -0.1) is 0 Å². The Morgan fingerprint density at radius 3 is 2.50 bits per heavy atom. The van der Waals surface area contributed by atoms with Gasteiger partial charge in [-0.1, -0.05) is 30.3 Å². The summed E-state index contributed by atoms with van der Waals surface area (Å²) in [7, 11) is 1.70. The molecule has 1 aromatic heterocycles. The van der Waals surface area contributed by atoms with E-state index < -0.39 is 17.7 Å². The molecular formula is C22H21F3N4O. The fourth-order valence-electron chi connectivity index (χ4n) is 3.81. The second kappa shape index (κ2) is 7.59. The summed E-state index contributed by atoms with van der Waals surface area (Å²) in [4.78, 5) is 18.5. The fourth-order valence-corrected chi connectivity index (χ4v) is 3.81. The number of carbonyl (C=O) groups is 1. The van der Waals surface area contributed by atoms with Gasteiger partial charge >= 0.3 is 6.18 Å². The highest BCUT2D eigenvalue weighted by Crippen LogP contribution is 2.52. The number of aromatic nitrogens is 3. The number of nitrogens with zero attached hydrogens (tertiary/aromatic N) is 4. The Kier molecular flexibility index (Phi) is 5.09. The first-order chi connectivity index (χ1) is 14.3. The molecule has 1 heterocycles. The first kappa shape index (κ1) is 20.1. The second-order valence-electron chi connectivity index (χ2n) is 7.59. The van der Waals surface area contributed by atoms with Gasteiger partial charge in [0.2, 0.25) is 5.91 Å². The molecule has 3 atom stereocenters. The monoisotopic (exact) mass is 414 g/mol. The molecule has 0 radical (unpaired) electrons. The smallest absolute Gasteiger partial charge is 0.339 e. The molecule has 8 heteroatoms. The second-order valence-corrected chi connectivity index (χ2v) is 7.59. The molecule has 0 spiro atoms. The van der Waals surface area contributed by atoms with Gasteiger partial charge in [0.1, 0.15) is 12.7 Å². The molecule has 1 aliphatic carbocycles. The Hall–Kier alpha value is -3.16. The third kappa shape index (κ3) is 3.81. The number of benzene rings is 2. The van der Waals surface area contributed by atoms with Crippen LogP contribution in [0.3, 0.4) is 0 Å². The lowest BCUT2D eigenvalue weighted by molar-refractivity contribution is -0.138. The van der Waals surface area contributed by atoms with Gasteiger partial charge in [0.25, 0.3) is 0 Å². The SMILES string of the molecule is CC(c1ccc(-n2cncn2)cc1)N(C)C(=O)C1CC1c1ccccc1C(F)(F)F. The molecule has 5 nitrogen and oxygen atoms in total. The Morgan fingerprint density at radius 2 is 1.87 bits per heavy atom. The first-order valence-corrected chi connectivity index (χ1v) is 9.65. The van der Waals surface area contributed by atoms with E-state index in [2.05, 4.69) is 10.1 Å². The number of rotatable bonds is 5. The van der Waals surface area contributed by atoms with Crippen LogP contribution in [0.1, 0.15) is 42.0 Å². The zero-order valence-electron chi connectivity index (χ0n) is 16.5. The van der Waals surface area contributed by atoms with Gasteiger partial charge in [0.05, 0.1) is 17.3 Å². The Bertz CT molecular complexity index is 1030.